The molecule has 0 aliphatic heterocycles. The van der Waals surface area contributed by atoms with E-state index in [1.165, 1.54) is 43.5 Å². The largest absolute Gasteiger partial charge is 0.427 e. The molecule has 0 spiro atoms. The van der Waals surface area contributed by atoms with Crippen molar-refractivity contribution in [3.8, 4) is 5.75 Å². The average molecular weight is 534 g/mol. The number of amides is 1. The Bertz CT molecular complexity index is 1340. The highest BCUT2D eigenvalue weighted by atomic mass is 35.5. The van der Waals surface area contributed by atoms with Gasteiger partial charge >= 0.3 is 5.97 Å². The van der Waals surface area contributed by atoms with E-state index >= 15 is 0 Å². The van der Waals surface area contributed by atoms with Crippen LogP contribution in [0.15, 0.2) is 76.7 Å². The molecule has 8 nitrogen and oxygen atoms in total. The Balaban J connectivity index is 1.80. The van der Waals surface area contributed by atoms with E-state index < -0.39 is 28.4 Å². The molecule has 0 heterocycles. The summed E-state index contributed by atoms with van der Waals surface area (Å²) in [6.07, 6.45) is 1.37. The molecule has 3 aromatic carbocycles. The lowest BCUT2D eigenvalue weighted by Gasteiger charge is -2.24. The quantitative estimate of drug-likeness (QED) is 0.197. The van der Waals surface area contributed by atoms with E-state index in [1.807, 2.05) is 6.92 Å². The topological polar surface area (TPSA) is 105 Å². The van der Waals surface area contributed by atoms with Crippen molar-refractivity contribution in [1.29, 1.82) is 0 Å². The van der Waals surface area contributed by atoms with Crippen LogP contribution >= 0.6 is 23.2 Å². The zero-order valence-electron chi connectivity index (χ0n) is 18.7. The molecular weight excluding hydrogens is 513 g/mol. The van der Waals surface area contributed by atoms with Crippen LogP contribution in [0.2, 0.25) is 10.0 Å². The third kappa shape index (κ3) is 7.29. The monoisotopic (exact) mass is 533 g/mol. The Labute approximate surface area is 213 Å². The van der Waals surface area contributed by atoms with E-state index in [-0.39, 0.29) is 20.6 Å². The van der Waals surface area contributed by atoms with Gasteiger partial charge in [-0.05, 0) is 67.1 Å². The minimum Gasteiger partial charge on any atom is -0.427 e. The molecule has 11 heteroatoms. The van der Waals surface area contributed by atoms with Crippen LogP contribution in [0.1, 0.15) is 18.1 Å². The SMILES string of the molecule is CC(=O)Oc1ccc(/C=N\NC(=O)CN(c2cc(Cl)cc(Cl)c2)S(=O)(=O)c2ccc(C)cc2)cc1. The number of sulfonamides is 1. The minimum atomic E-state index is -4.13. The first-order valence-corrected chi connectivity index (χ1v) is 12.4. The van der Waals surface area contributed by atoms with Crippen molar-refractivity contribution < 1.29 is 22.7 Å². The van der Waals surface area contributed by atoms with Gasteiger partial charge in [-0.1, -0.05) is 40.9 Å². The van der Waals surface area contributed by atoms with Gasteiger partial charge in [0.05, 0.1) is 16.8 Å². The summed E-state index contributed by atoms with van der Waals surface area (Å²) >= 11 is 12.2. The van der Waals surface area contributed by atoms with Crippen LogP contribution in [0.4, 0.5) is 5.69 Å². The van der Waals surface area contributed by atoms with Crippen LogP contribution in [0.5, 0.6) is 5.75 Å². The van der Waals surface area contributed by atoms with Gasteiger partial charge in [0, 0.05) is 17.0 Å². The van der Waals surface area contributed by atoms with Crippen LogP contribution in [-0.2, 0) is 19.6 Å². The van der Waals surface area contributed by atoms with E-state index in [1.54, 1.807) is 36.4 Å². The zero-order chi connectivity index (χ0) is 25.6. The summed E-state index contributed by atoms with van der Waals surface area (Å²) in [7, 11) is -4.13. The van der Waals surface area contributed by atoms with Crippen LogP contribution in [0, 0.1) is 6.92 Å². The Morgan fingerprint density at radius 1 is 1.00 bits per heavy atom. The van der Waals surface area contributed by atoms with E-state index in [4.69, 9.17) is 27.9 Å². The average Bonchev–Trinajstić information content (AvgIpc) is 2.78. The fourth-order valence-corrected chi connectivity index (χ4v) is 4.89. The summed E-state index contributed by atoms with van der Waals surface area (Å²) in [4.78, 5) is 23.6. The van der Waals surface area contributed by atoms with Gasteiger partial charge in [0.15, 0.2) is 0 Å². The molecule has 3 rings (SSSR count). The second kappa shape index (κ2) is 11.4. The lowest BCUT2D eigenvalue weighted by Crippen LogP contribution is -2.39. The van der Waals surface area contributed by atoms with Crippen LogP contribution in [0.25, 0.3) is 0 Å². The number of hydrazone groups is 1. The first-order valence-electron chi connectivity index (χ1n) is 10.2. The number of aryl methyl sites for hydroxylation is 1. The number of nitrogens with one attached hydrogen (secondary N) is 1. The lowest BCUT2D eigenvalue weighted by atomic mass is 10.2. The Kier molecular flexibility index (Phi) is 8.50. The van der Waals surface area contributed by atoms with Gasteiger partial charge in [-0.3, -0.25) is 13.9 Å². The first-order chi connectivity index (χ1) is 16.5. The Morgan fingerprint density at radius 3 is 2.17 bits per heavy atom. The maximum Gasteiger partial charge on any atom is 0.308 e. The van der Waals surface area contributed by atoms with Crippen molar-refractivity contribution in [1.82, 2.24) is 5.43 Å². The maximum absolute atomic E-state index is 13.4. The molecule has 182 valence electrons. The van der Waals surface area contributed by atoms with Crippen molar-refractivity contribution in [2.45, 2.75) is 18.7 Å². The molecule has 0 aliphatic carbocycles. The predicted octanol–water partition coefficient (Wildman–Crippen LogP) is 4.57. The fraction of sp³-hybridized carbons (Fsp3) is 0.125. The van der Waals surface area contributed by atoms with Gasteiger partial charge in [-0.2, -0.15) is 5.10 Å². The van der Waals surface area contributed by atoms with Gasteiger partial charge in [0.2, 0.25) is 0 Å². The summed E-state index contributed by atoms with van der Waals surface area (Å²) in [6, 6.07) is 16.9. The van der Waals surface area contributed by atoms with E-state index in [9.17, 15) is 18.0 Å². The fourth-order valence-electron chi connectivity index (χ4n) is 2.97. The van der Waals surface area contributed by atoms with E-state index in [0.29, 0.717) is 11.3 Å². The Morgan fingerprint density at radius 2 is 1.60 bits per heavy atom. The summed E-state index contributed by atoms with van der Waals surface area (Å²) < 4.78 is 32.6. The summed E-state index contributed by atoms with van der Waals surface area (Å²) in [5.74, 6) is -0.759. The van der Waals surface area contributed by atoms with Gasteiger partial charge < -0.3 is 4.74 Å². The second-order valence-electron chi connectivity index (χ2n) is 7.41. The van der Waals surface area contributed by atoms with Crippen LogP contribution in [0.3, 0.4) is 0 Å². The molecule has 1 amide bonds. The molecule has 0 fully saturated rings. The molecule has 0 unspecified atom stereocenters. The van der Waals surface area contributed by atoms with Crippen LogP contribution in [-0.4, -0.2) is 33.1 Å². The molecule has 0 radical (unpaired) electrons. The van der Waals surface area contributed by atoms with Crippen molar-refractivity contribution in [2.24, 2.45) is 5.10 Å². The Hall–Kier alpha value is -3.40. The van der Waals surface area contributed by atoms with Gasteiger partial charge in [-0.15, -0.1) is 0 Å². The lowest BCUT2D eigenvalue weighted by molar-refractivity contribution is -0.131. The molecule has 1 N–H and O–H groups in total. The molecule has 0 saturated heterocycles. The van der Waals surface area contributed by atoms with E-state index in [0.717, 1.165) is 9.87 Å². The van der Waals surface area contributed by atoms with Crippen molar-refractivity contribution >= 4 is 57.0 Å². The second-order valence-corrected chi connectivity index (χ2v) is 10.1. The summed E-state index contributed by atoms with van der Waals surface area (Å²) in [5, 5.41) is 4.30. The van der Waals surface area contributed by atoms with Crippen molar-refractivity contribution in [2.75, 3.05) is 10.8 Å². The predicted molar refractivity (Wildman–Crippen MR) is 136 cm³/mol. The number of esters is 1. The minimum absolute atomic E-state index is 0.00312. The molecule has 0 bridgehead atoms. The van der Waals surface area contributed by atoms with Gasteiger partial charge in [-0.25, -0.2) is 13.8 Å². The summed E-state index contributed by atoms with van der Waals surface area (Å²) in [5.41, 5.74) is 3.94. The molecule has 0 aliphatic rings. The highest BCUT2D eigenvalue weighted by molar-refractivity contribution is 7.92. The first kappa shape index (κ1) is 26.2. The number of anilines is 1. The maximum atomic E-state index is 13.4. The number of benzene rings is 3. The van der Waals surface area contributed by atoms with Crippen molar-refractivity contribution in [3.05, 3.63) is 87.9 Å². The normalized spacial score (nSPS) is 11.3. The number of ether oxygens (including phenoxy) is 1. The number of rotatable bonds is 8. The number of hydrogen-bond acceptors (Lipinski definition) is 6. The molecule has 0 saturated carbocycles. The number of nitrogens with zero attached hydrogens (tertiary/aromatic N) is 2. The highest BCUT2D eigenvalue weighted by Gasteiger charge is 2.27. The number of carbonyl (C=O) groups is 2. The smallest absolute Gasteiger partial charge is 0.308 e. The molecule has 0 atom stereocenters. The third-order valence-electron chi connectivity index (χ3n) is 4.58. The zero-order valence-corrected chi connectivity index (χ0v) is 21.1. The van der Waals surface area contributed by atoms with Crippen molar-refractivity contribution in [3.63, 3.8) is 0 Å². The van der Waals surface area contributed by atoms with Gasteiger partial charge in [0.25, 0.3) is 15.9 Å². The molecule has 0 aromatic heterocycles. The highest BCUT2D eigenvalue weighted by Crippen LogP contribution is 2.29. The van der Waals surface area contributed by atoms with Crippen LogP contribution < -0.4 is 14.5 Å². The number of carbonyl (C=O) groups excluding carboxylic acids is 2. The van der Waals surface area contributed by atoms with E-state index in [2.05, 4.69) is 10.5 Å². The standard InChI is InChI=1S/C24H21Cl2N3O5S/c1-16-3-9-23(10-4-16)35(32,33)29(21-12-19(25)11-20(26)13-21)15-24(31)28-27-14-18-5-7-22(8-6-18)34-17(2)30/h3-14H,15H2,1-2H3,(H,28,31)/b27-14-. The molecule has 35 heavy (non-hydrogen) atoms. The molecular formula is C24H21Cl2N3O5S. The summed E-state index contributed by atoms with van der Waals surface area (Å²) in [6.45, 7) is 2.56. The molecule has 3 aromatic rings. The number of hydrogen-bond donors (Lipinski definition) is 1. The number of halogens is 2. The van der Waals surface area contributed by atoms with Gasteiger partial charge in [0.1, 0.15) is 12.3 Å². The third-order valence-corrected chi connectivity index (χ3v) is 6.80.